The van der Waals surface area contributed by atoms with E-state index >= 15 is 0 Å². The van der Waals surface area contributed by atoms with Crippen LogP contribution in [0.3, 0.4) is 0 Å². The van der Waals surface area contributed by atoms with Gasteiger partial charge in [0, 0.05) is 16.3 Å². The van der Waals surface area contributed by atoms with E-state index in [4.69, 9.17) is 15.2 Å². The van der Waals surface area contributed by atoms with Crippen LogP contribution in [0.15, 0.2) is 53.4 Å². The van der Waals surface area contributed by atoms with Gasteiger partial charge in [-0.25, -0.2) is 0 Å². The van der Waals surface area contributed by atoms with Crippen LogP contribution in [0.2, 0.25) is 0 Å². The van der Waals surface area contributed by atoms with E-state index in [1.54, 1.807) is 11.8 Å². The second-order valence-corrected chi connectivity index (χ2v) is 5.47. The summed E-state index contributed by atoms with van der Waals surface area (Å²) in [6, 6.07) is 15.7. The van der Waals surface area contributed by atoms with Gasteiger partial charge in [-0.05, 0) is 36.4 Å². The lowest BCUT2D eigenvalue weighted by atomic mass is 10.3. The average molecular weight is 273 g/mol. The molecule has 0 spiro atoms. The summed E-state index contributed by atoms with van der Waals surface area (Å²) in [5.41, 5.74) is 6.45. The van der Waals surface area contributed by atoms with E-state index in [1.165, 1.54) is 4.90 Å². The Labute approximate surface area is 116 Å². The van der Waals surface area contributed by atoms with Crippen molar-refractivity contribution in [1.82, 2.24) is 0 Å². The second kappa shape index (κ2) is 5.45. The van der Waals surface area contributed by atoms with Crippen LogP contribution in [0.25, 0.3) is 0 Å². The normalized spacial score (nSPS) is 17.2. The molecular formula is C15H15NO2S. The van der Waals surface area contributed by atoms with Crippen molar-refractivity contribution in [2.24, 2.45) is 0 Å². The van der Waals surface area contributed by atoms with Crippen molar-refractivity contribution in [3.05, 3.63) is 48.5 Å². The number of benzene rings is 2. The number of hydrogen-bond donors (Lipinski definition) is 1. The van der Waals surface area contributed by atoms with Crippen LogP contribution in [0.4, 0.5) is 5.69 Å². The van der Waals surface area contributed by atoms with E-state index in [-0.39, 0.29) is 6.10 Å². The van der Waals surface area contributed by atoms with Crippen molar-refractivity contribution in [1.29, 1.82) is 0 Å². The lowest BCUT2D eigenvalue weighted by Gasteiger charge is -2.26. The van der Waals surface area contributed by atoms with E-state index < -0.39 is 0 Å². The summed E-state index contributed by atoms with van der Waals surface area (Å²) in [6.45, 7) is 0.596. The third-order valence-electron chi connectivity index (χ3n) is 2.88. The molecule has 19 heavy (non-hydrogen) atoms. The first kappa shape index (κ1) is 12.2. The highest BCUT2D eigenvalue weighted by molar-refractivity contribution is 7.99. The van der Waals surface area contributed by atoms with Crippen molar-refractivity contribution >= 4 is 17.4 Å². The average Bonchev–Trinajstić information content (AvgIpc) is 2.46. The molecule has 2 aromatic rings. The smallest absolute Gasteiger partial charge is 0.161 e. The van der Waals surface area contributed by atoms with E-state index in [1.807, 2.05) is 48.5 Å². The van der Waals surface area contributed by atoms with Gasteiger partial charge in [0.15, 0.2) is 11.5 Å². The summed E-state index contributed by atoms with van der Waals surface area (Å²) in [4.78, 5) is 1.19. The Balaban J connectivity index is 1.59. The number of para-hydroxylation sites is 2. The number of thioether (sulfide) groups is 1. The predicted octanol–water partition coefficient (Wildman–Crippen LogP) is 3.20. The van der Waals surface area contributed by atoms with Crippen LogP contribution >= 0.6 is 11.8 Å². The van der Waals surface area contributed by atoms with Gasteiger partial charge in [-0.3, -0.25) is 0 Å². The quantitative estimate of drug-likeness (QED) is 0.689. The Hall–Kier alpha value is -1.81. The molecule has 4 heteroatoms. The summed E-state index contributed by atoms with van der Waals surface area (Å²) in [6.07, 6.45) is 0.0810. The van der Waals surface area contributed by atoms with Gasteiger partial charge in [0.25, 0.3) is 0 Å². The van der Waals surface area contributed by atoms with Gasteiger partial charge >= 0.3 is 0 Å². The third kappa shape index (κ3) is 2.96. The van der Waals surface area contributed by atoms with Crippen molar-refractivity contribution < 1.29 is 9.47 Å². The Morgan fingerprint density at radius 3 is 2.58 bits per heavy atom. The molecule has 3 nitrogen and oxygen atoms in total. The fourth-order valence-corrected chi connectivity index (χ4v) is 2.77. The first-order valence-electron chi connectivity index (χ1n) is 6.18. The van der Waals surface area contributed by atoms with Crippen LogP contribution in [-0.2, 0) is 0 Å². The lowest BCUT2D eigenvalue weighted by Crippen LogP contribution is -2.31. The molecule has 0 radical (unpaired) electrons. The molecule has 0 amide bonds. The van der Waals surface area contributed by atoms with Crippen LogP contribution in [-0.4, -0.2) is 18.5 Å². The Kier molecular flexibility index (Phi) is 3.51. The van der Waals surface area contributed by atoms with Gasteiger partial charge in [-0.15, -0.1) is 11.8 Å². The maximum atomic E-state index is 5.91. The van der Waals surface area contributed by atoms with Crippen LogP contribution in [0, 0.1) is 0 Å². The van der Waals surface area contributed by atoms with Gasteiger partial charge in [0.05, 0.1) is 0 Å². The molecule has 0 aromatic heterocycles. The minimum atomic E-state index is 0.0810. The SMILES string of the molecule is Nc1ccc(SCC2COc3ccccc3O2)cc1. The fraction of sp³-hybridized carbons (Fsp3) is 0.200. The van der Waals surface area contributed by atoms with Crippen LogP contribution < -0.4 is 15.2 Å². The zero-order valence-corrected chi connectivity index (χ0v) is 11.2. The molecule has 98 valence electrons. The Morgan fingerprint density at radius 1 is 1.05 bits per heavy atom. The van der Waals surface area contributed by atoms with Gasteiger partial charge in [0.2, 0.25) is 0 Å². The summed E-state index contributed by atoms with van der Waals surface area (Å²) in [5, 5.41) is 0. The number of ether oxygens (including phenoxy) is 2. The maximum Gasteiger partial charge on any atom is 0.161 e. The molecule has 0 saturated carbocycles. The summed E-state index contributed by atoms with van der Waals surface area (Å²) < 4.78 is 11.6. The number of anilines is 1. The molecule has 0 bridgehead atoms. The van der Waals surface area contributed by atoms with Crippen molar-refractivity contribution in [3.63, 3.8) is 0 Å². The lowest BCUT2D eigenvalue weighted by molar-refractivity contribution is 0.107. The molecule has 2 aromatic carbocycles. The van der Waals surface area contributed by atoms with E-state index in [2.05, 4.69) is 0 Å². The highest BCUT2D eigenvalue weighted by Gasteiger charge is 2.20. The molecule has 1 atom stereocenters. The van der Waals surface area contributed by atoms with Gasteiger partial charge in [0.1, 0.15) is 12.7 Å². The molecular weight excluding hydrogens is 258 g/mol. The van der Waals surface area contributed by atoms with Gasteiger partial charge in [-0.2, -0.15) is 0 Å². The molecule has 1 heterocycles. The number of fused-ring (bicyclic) bond motifs is 1. The van der Waals surface area contributed by atoms with Gasteiger partial charge in [-0.1, -0.05) is 12.1 Å². The predicted molar refractivity (Wildman–Crippen MR) is 77.9 cm³/mol. The molecule has 0 saturated heterocycles. The Morgan fingerprint density at radius 2 is 1.79 bits per heavy atom. The zero-order valence-electron chi connectivity index (χ0n) is 10.4. The number of nitrogen functional groups attached to an aromatic ring is 1. The molecule has 0 fully saturated rings. The number of nitrogens with two attached hydrogens (primary N) is 1. The summed E-state index contributed by atoms with van der Waals surface area (Å²) in [7, 11) is 0. The van der Waals surface area contributed by atoms with Crippen molar-refractivity contribution in [2.45, 2.75) is 11.0 Å². The summed E-state index contributed by atoms with van der Waals surface area (Å²) >= 11 is 1.75. The molecule has 1 aliphatic heterocycles. The van der Waals surface area contributed by atoms with E-state index in [9.17, 15) is 0 Å². The number of rotatable bonds is 3. The minimum absolute atomic E-state index is 0.0810. The first-order valence-corrected chi connectivity index (χ1v) is 7.16. The highest BCUT2D eigenvalue weighted by atomic mass is 32.2. The van der Waals surface area contributed by atoms with Crippen LogP contribution in [0.5, 0.6) is 11.5 Å². The molecule has 0 aliphatic carbocycles. The molecule has 2 N–H and O–H groups in total. The fourth-order valence-electron chi connectivity index (χ4n) is 1.90. The molecule has 1 unspecified atom stereocenters. The molecule has 1 aliphatic rings. The zero-order chi connectivity index (χ0) is 13.1. The van der Waals surface area contributed by atoms with Crippen LogP contribution in [0.1, 0.15) is 0 Å². The molecule has 3 rings (SSSR count). The highest BCUT2D eigenvalue weighted by Crippen LogP contribution is 2.32. The van der Waals surface area contributed by atoms with E-state index in [0.29, 0.717) is 6.61 Å². The largest absolute Gasteiger partial charge is 0.486 e. The van der Waals surface area contributed by atoms with Gasteiger partial charge < -0.3 is 15.2 Å². The maximum absolute atomic E-state index is 5.91. The Bertz CT molecular complexity index is 556. The standard InChI is InChI=1S/C15H15NO2S/c16-11-5-7-13(8-6-11)19-10-12-9-17-14-3-1-2-4-15(14)18-12/h1-8,12H,9-10,16H2. The monoisotopic (exact) mass is 273 g/mol. The summed E-state index contributed by atoms with van der Waals surface area (Å²) in [5.74, 6) is 2.52. The van der Waals surface area contributed by atoms with Crippen molar-refractivity contribution in [3.8, 4) is 11.5 Å². The topological polar surface area (TPSA) is 44.5 Å². The van der Waals surface area contributed by atoms with Crippen molar-refractivity contribution in [2.75, 3.05) is 18.1 Å². The minimum Gasteiger partial charge on any atom is -0.486 e. The second-order valence-electron chi connectivity index (χ2n) is 4.38. The number of hydrogen-bond acceptors (Lipinski definition) is 4. The first-order chi connectivity index (χ1) is 9.31. The third-order valence-corrected chi connectivity index (χ3v) is 4.03. The van der Waals surface area contributed by atoms with E-state index in [0.717, 1.165) is 22.9 Å².